The predicted octanol–water partition coefficient (Wildman–Crippen LogP) is 5.32. The van der Waals surface area contributed by atoms with E-state index in [4.69, 9.17) is 18.8 Å². The highest BCUT2D eigenvalue weighted by Crippen LogP contribution is 2.49. The molecule has 54 heavy (non-hydrogen) atoms. The van der Waals surface area contributed by atoms with Crippen molar-refractivity contribution >= 4 is 74.6 Å². The van der Waals surface area contributed by atoms with Crippen LogP contribution in [0.25, 0.3) is 22.2 Å². The highest BCUT2D eigenvalue weighted by molar-refractivity contribution is 9.10. The van der Waals surface area contributed by atoms with Crippen LogP contribution in [0.1, 0.15) is 19.3 Å². The predicted molar refractivity (Wildman–Crippen MR) is 211 cm³/mol. The second kappa shape index (κ2) is 16.4. The third kappa shape index (κ3) is 7.91. The molecule has 3 aromatic heterocycles. The number of anilines is 5. The Kier molecular flexibility index (Phi) is 11.4. The first kappa shape index (κ1) is 37.6. The van der Waals surface area contributed by atoms with Gasteiger partial charge in [-0.25, -0.2) is 4.98 Å². The molecule has 2 saturated heterocycles. The first-order chi connectivity index (χ1) is 26.2. The molecule has 0 unspecified atom stereocenters. The van der Waals surface area contributed by atoms with Crippen molar-refractivity contribution in [2.45, 2.75) is 19.3 Å². The van der Waals surface area contributed by atoms with Gasteiger partial charge in [-0.1, -0.05) is 6.42 Å². The fraction of sp³-hybridized carbons (Fsp3) is 0.389. The maximum atomic E-state index is 13.8. The minimum absolute atomic E-state index is 0.196. The van der Waals surface area contributed by atoms with Crippen molar-refractivity contribution in [3.8, 4) is 16.9 Å². The Hall–Kier alpha value is -4.67. The normalized spacial score (nSPS) is 15.4. The number of amides is 1. The van der Waals surface area contributed by atoms with Crippen LogP contribution in [0.5, 0.6) is 5.75 Å². The highest BCUT2D eigenvalue weighted by Gasteiger charge is 2.32. The Labute approximate surface area is 321 Å². The molecule has 5 aromatic rings. The van der Waals surface area contributed by atoms with E-state index >= 15 is 0 Å². The van der Waals surface area contributed by atoms with Crippen LogP contribution in [0, 0.1) is 0 Å². The summed E-state index contributed by atoms with van der Waals surface area (Å²) in [5.74, 6) is 1.43. The van der Waals surface area contributed by atoms with Gasteiger partial charge in [0.05, 0.1) is 41.2 Å². The summed E-state index contributed by atoms with van der Waals surface area (Å²) in [4.78, 5) is 37.8. The van der Waals surface area contributed by atoms with E-state index in [9.17, 15) is 9.36 Å². The lowest BCUT2D eigenvalue weighted by Crippen LogP contribution is -2.51. The van der Waals surface area contributed by atoms with Gasteiger partial charge < -0.3 is 34.2 Å². The molecule has 0 radical (unpaired) electrons. The smallest absolute Gasteiger partial charge is 0.365 e. The van der Waals surface area contributed by atoms with E-state index in [1.807, 2.05) is 36.5 Å². The van der Waals surface area contributed by atoms with Crippen LogP contribution in [-0.2, 0) is 25.5 Å². The average Bonchev–Trinajstić information content (AvgIpc) is 3.64. The number of likely N-dealkylation sites (tertiary alicyclic amines) is 1. The van der Waals surface area contributed by atoms with Crippen LogP contribution >= 0.6 is 23.5 Å². The Morgan fingerprint density at radius 3 is 2.37 bits per heavy atom. The minimum Gasteiger partial charge on any atom is -0.494 e. The topological polar surface area (TPSA) is 165 Å². The van der Waals surface area contributed by atoms with Crippen LogP contribution in [0.2, 0.25) is 0 Å². The van der Waals surface area contributed by atoms with Gasteiger partial charge in [0.15, 0.2) is 0 Å². The molecule has 2 N–H and O–H groups in total. The van der Waals surface area contributed by atoms with Gasteiger partial charge in [0, 0.05) is 95.1 Å². The molecule has 0 bridgehead atoms. The highest BCUT2D eigenvalue weighted by atomic mass is 79.9. The zero-order chi connectivity index (χ0) is 37.8. The number of ether oxygens (including phenoxy) is 1. The van der Waals surface area contributed by atoms with Gasteiger partial charge in [-0.15, -0.1) is 0 Å². The number of piperazine rings is 1. The molecule has 7 rings (SSSR count). The number of rotatable bonds is 12. The van der Waals surface area contributed by atoms with E-state index in [1.165, 1.54) is 26.8 Å². The monoisotopic (exact) mass is 819 g/mol. The summed E-state index contributed by atoms with van der Waals surface area (Å²) in [6.45, 7) is 5.12. The van der Waals surface area contributed by atoms with Gasteiger partial charge in [0.2, 0.25) is 11.9 Å². The maximum absolute atomic E-state index is 13.8. The number of piperidine rings is 1. The van der Waals surface area contributed by atoms with Gasteiger partial charge in [-0.05, 0) is 60.1 Å². The summed E-state index contributed by atoms with van der Waals surface area (Å²) in [5, 5.41) is 11.3. The standard InChI is InChI=1S/C36H43BrN11O5P/c1-45-22-24(20-41-45)25-18-29(31(51-2)19-30(25)47-14-16-48(17-15-47)32(49)23-46-12-6-5-7-13-46)43-36-40-21-26(37)35(44-36)42-28-9-8-27-33(39-11-10-38-27)34(28)54(50,52-3)53-4/h8-11,18-22H,5-7,12-17,23H2,1-4H3,(H2,40,42,43,44). The quantitative estimate of drug-likeness (QED) is 0.155. The number of aromatic nitrogens is 6. The van der Waals surface area contributed by atoms with E-state index in [1.54, 1.807) is 36.3 Å². The molecule has 1 amide bonds. The Morgan fingerprint density at radius 2 is 1.67 bits per heavy atom. The zero-order valence-corrected chi connectivity index (χ0v) is 33.1. The molecule has 2 aliphatic rings. The second-order valence-corrected chi connectivity index (χ2v) is 16.1. The number of hydrogen-bond donors (Lipinski definition) is 2. The number of carbonyl (C=O) groups excluding carboxylic acids is 1. The van der Waals surface area contributed by atoms with E-state index in [-0.39, 0.29) is 17.2 Å². The molecular weight excluding hydrogens is 777 g/mol. The molecule has 2 aliphatic heterocycles. The molecule has 18 heteroatoms. The summed E-state index contributed by atoms with van der Waals surface area (Å²) in [5.41, 5.74) is 4.78. The molecule has 2 aromatic carbocycles. The molecular formula is C36H43BrN11O5P. The fourth-order valence-corrected chi connectivity index (χ4v) is 8.58. The van der Waals surface area contributed by atoms with Crippen molar-refractivity contribution in [3.63, 3.8) is 0 Å². The SMILES string of the molecule is COc1cc(N2CCN(C(=O)CN3CCCCC3)CC2)c(-c2cnn(C)c2)cc1Nc1ncc(Br)c(Nc2ccc3nccnc3c2P(=O)(OC)OC)n1. The van der Waals surface area contributed by atoms with Gasteiger partial charge >= 0.3 is 7.60 Å². The van der Waals surface area contributed by atoms with Crippen LogP contribution in [0.3, 0.4) is 0 Å². The Balaban J connectivity index is 1.17. The minimum atomic E-state index is -3.80. The van der Waals surface area contributed by atoms with Crippen molar-refractivity contribution in [2.75, 3.05) is 82.7 Å². The number of aryl methyl sites for hydroxylation is 1. The first-order valence-electron chi connectivity index (χ1n) is 17.7. The van der Waals surface area contributed by atoms with Crippen LogP contribution < -0.4 is 25.6 Å². The number of methoxy groups -OCH3 is 1. The van der Waals surface area contributed by atoms with E-state index in [0.29, 0.717) is 71.2 Å². The van der Waals surface area contributed by atoms with Crippen LogP contribution in [0.15, 0.2) is 59.7 Å². The summed E-state index contributed by atoms with van der Waals surface area (Å²) in [7, 11) is 2.35. The molecule has 16 nitrogen and oxygen atoms in total. The van der Waals surface area contributed by atoms with Crippen molar-refractivity contribution < 1.29 is 23.1 Å². The fourth-order valence-electron chi connectivity index (χ4n) is 6.91. The first-order valence-corrected chi connectivity index (χ1v) is 20.0. The molecule has 0 saturated carbocycles. The number of nitrogens with one attached hydrogen (secondary N) is 2. The molecule has 284 valence electrons. The van der Waals surface area contributed by atoms with Crippen LogP contribution in [0.4, 0.5) is 28.8 Å². The summed E-state index contributed by atoms with van der Waals surface area (Å²) >= 11 is 3.56. The second-order valence-electron chi connectivity index (χ2n) is 13.1. The molecule has 0 aliphatic carbocycles. The van der Waals surface area contributed by atoms with E-state index < -0.39 is 7.60 Å². The average molecular weight is 821 g/mol. The number of halogens is 1. The number of carbonyl (C=O) groups is 1. The lowest BCUT2D eigenvalue weighted by Gasteiger charge is -2.38. The molecule has 0 spiro atoms. The molecule has 2 fully saturated rings. The van der Waals surface area contributed by atoms with Gasteiger partial charge in [0.1, 0.15) is 22.4 Å². The molecule has 5 heterocycles. The number of benzene rings is 2. The number of nitrogens with zero attached hydrogens (tertiary/aromatic N) is 9. The number of hydrogen-bond acceptors (Lipinski definition) is 14. The third-order valence-electron chi connectivity index (χ3n) is 9.73. The van der Waals surface area contributed by atoms with Crippen molar-refractivity contribution in [1.29, 1.82) is 0 Å². The Bertz CT molecular complexity index is 2180. The summed E-state index contributed by atoms with van der Waals surface area (Å²) in [6.07, 6.45) is 12.0. The summed E-state index contributed by atoms with van der Waals surface area (Å²) < 4.78 is 32.8. The van der Waals surface area contributed by atoms with Gasteiger partial charge in [0.25, 0.3) is 0 Å². The number of fused-ring (bicyclic) bond motifs is 1. The van der Waals surface area contributed by atoms with E-state index in [0.717, 1.165) is 42.7 Å². The maximum Gasteiger partial charge on any atom is 0.365 e. The van der Waals surface area contributed by atoms with Crippen molar-refractivity contribution in [2.24, 2.45) is 7.05 Å². The zero-order valence-electron chi connectivity index (χ0n) is 30.7. The largest absolute Gasteiger partial charge is 0.494 e. The van der Waals surface area contributed by atoms with Crippen LogP contribution in [-0.4, -0.2) is 113 Å². The lowest BCUT2D eigenvalue weighted by atomic mass is 10.0. The van der Waals surface area contributed by atoms with Gasteiger partial charge in [-0.3, -0.25) is 28.9 Å². The third-order valence-corrected chi connectivity index (χ3v) is 12.3. The van der Waals surface area contributed by atoms with E-state index in [2.05, 4.69) is 56.4 Å². The van der Waals surface area contributed by atoms with Crippen molar-refractivity contribution in [1.82, 2.24) is 39.5 Å². The van der Waals surface area contributed by atoms with Gasteiger partial charge in [-0.2, -0.15) is 10.1 Å². The Morgan fingerprint density at radius 1 is 0.907 bits per heavy atom. The molecule has 0 atom stereocenters. The van der Waals surface area contributed by atoms with Crippen molar-refractivity contribution in [3.05, 3.63) is 59.7 Å². The lowest BCUT2D eigenvalue weighted by molar-refractivity contribution is -0.132. The summed E-state index contributed by atoms with van der Waals surface area (Å²) in [6, 6.07) is 7.50.